The molecule has 2 rings (SSSR count). The molecule has 15 heavy (non-hydrogen) atoms. The molecule has 0 amide bonds. The number of hydrogen-bond acceptors (Lipinski definition) is 6. The Balaban J connectivity index is 2.28. The molecule has 1 unspecified atom stereocenters. The summed E-state index contributed by atoms with van der Waals surface area (Å²) in [6.07, 6.45) is 1.31. The molecular formula is C6H7N7O2. The van der Waals surface area contributed by atoms with Crippen molar-refractivity contribution < 1.29 is 9.90 Å². The minimum Gasteiger partial charge on any atom is -0.480 e. The van der Waals surface area contributed by atoms with Gasteiger partial charge in [-0.05, 0) is 12.1 Å². The van der Waals surface area contributed by atoms with Crippen LogP contribution in [0.1, 0.15) is 13.0 Å². The van der Waals surface area contributed by atoms with Gasteiger partial charge in [-0.1, -0.05) is 0 Å². The third-order valence-electron chi connectivity index (χ3n) is 1.81. The highest BCUT2D eigenvalue weighted by Crippen LogP contribution is 2.08. The van der Waals surface area contributed by atoms with Crippen molar-refractivity contribution >= 4 is 5.97 Å². The highest BCUT2D eigenvalue weighted by Gasteiger charge is 2.16. The number of nitrogens with zero attached hydrogens (tertiary/aromatic N) is 6. The second-order valence-corrected chi connectivity index (χ2v) is 2.80. The first-order chi connectivity index (χ1) is 7.18. The van der Waals surface area contributed by atoms with Crippen molar-refractivity contribution in [3.05, 3.63) is 6.33 Å². The van der Waals surface area contributed by atoms with E-state index in [0.29, 0.717) is 0 Å². The Hall–Kier alpha value is -2.32. The van der Waals surface area contributed by atoms with Crippen LogP contribution in [0.4, 0.5) is 0 Å². The predicted molar refractivity (Wildman–Crippen MR) is 45.5 cm³/mol. The van der Waals surface area contributed by atoms with Gasteiger partial charge in [0.25, 0.3) is 0 Å². The van der Waals surface area contributed by atoms with E-state index in [1.54, 1.807) is 0 Å². The minimum absolute atomic E-state index is 0.228. The number of nitrogens with one attached hydrogen (secondary N) is 1. The molecule has 0 bridgehead atoms. The normalized spacial score (nSPS) is 12.6. The number of aromatic amines is 1. The summed E-state index contributed by atoms with van der Waals surface area (Å²) in [6.45, 7) is 1.50. The zero-order chi connectivity index (χ0) is 10.8. The van der Waals surface area contributed by atoms with Crippen LogP contribution in [-0.4, -0.2) is 46.5 Å². The summed E-state index contributed by atoms with van der Waals surface area (Å²) >= 11 is 0. The number of aliphatic carboxylic acids is 1. The fourth-order valence-corrected chi connectivity index (χ4v) is 0.934. The number of carboxylic acid groups (broad SMARTS) is 1. The summed E-state index contributed by atoms with van der Waals surface area (Å²) in [4.78, 5) is 14.5. The van der Waals surface area contributed by atoms with E-state index in [0.717, 1.165) is 0 Å². The Morgan fingerprint density at radius 2 is 2.40 bits per heavy atom. The zero-order valence-corrected chi connectivity index (χ0v) is 7.69. The van der Waals surface area contributed by atoms with E-state index in [2.05, 4.69) is 30.7 Å². The number of H-pyrrole nitrogens is 1. The number of carbonyl (C=O) groups is 1. The van der Waals surface area contributed by atoms with Gasteiger partial charge >= 0.3 is 5.97 Å². The van der Waals surface area contributed by atoms with E-state index in [4.69, 9.17) is 5.11 Å². The molecule has 0 radical (unpaired) electrons. The summed E-state index contributed by atoms with van der Waals surface area (Å²) in [6, 6.07) is -0.779. The summed E-state index contributed by atoms with van der Waals surface area (Å²) in [5.41, 5.74) is 0. The summed E-state index contributed by atoms with van der Waals surface area (Å²) in [5.74, 6) is -0.525. The van der Waals surface area contributed by atoms with Crippen LogP contribution < -0.4 is 0 Å². The maximum Gasteiger partial charge on any atom is 0.328 e. The maximum atomic E-state index is 10.7. The van der Waals surface area contributed by atoms with Crippen molar-refractivity contribution in [1.29, 1.82) is 0 Å². The van der Waals surface area contributed by atoms with Gasteiger partial charge in [0, 0.05) is 0 Å². The van der Waals surface area contributed by atoms with Crippen molar-refractivity contribution in [1.82, 2.24) is 35.4 Å². The number of carboxylic acids is 1. The second-order valence-electron chi connectivity index (χ2n) is 2.80. The lowest BCUT2D eigenvalue weighted by molar-refractivity contribution is -0.140. The molecule has 0 fully saturated rings. The van der Waals surface area contributed by atoms with Gasteiger partial charge in [-0.3, -0.25) is 0 Å². The summed E-state index contributed by atoms with van der Waals surface area (Å²) in [5, 5.41) is 25.6. The third-order valence-corrected chi connectivity index (χ3v) is 1.81. The largest absolute Gasteiger partial charge is 0.480 e. The van der Waals surface area contributed by atoms with E-state index in [9.17, 15) is 4.79 Å². The van der Waals surface area contributed by atoms with Crippen LogP contribution in [0.2, 0.25) is 0 Å². The summed E-state index contributed by atoms with van der Waals surface area (Å²) in [7, 11) is 0. The first-order valence-corrected chi connectivity index (χ1v) is 4.06. The SMILES string of the molecule is CC(C(=O)O)n1cnc(-c2nn[nH]n2)n1. The lowest BCUT2D eigenvalue weighted by Gasteiger charge is -2.03. The molecular weight excluding hydrogens is 202 g/mol. The minimum atomic E-state index is -0.987. The maximum absolute atomic E-state index is 10.7. The number of rotatable bonds is 3. The zero-order valence-electron chi connectivity index (χ0n) is 7.69. The lowest BCUT2D eigenvalue weighted by Crippen LogP contribution is -2.15. The summed E-state index contributed by atoms with van der Waals surface area (Å²) < 4.78 is 1.22. The standard InChI is InChI=1S/C6H7N7O2/c1-3(6(14)15)13-2-7-4(10-13)5-8-11-12-9-5/h2-3H,1H3,(H,14,15)(H,8,9,11,12). The number of hydrogen-bond donors (Lipinski definition) is 2. The van der Waals surface area contributed by atoms with Crippen LogP contribution in [0, 0.1) is 0 Å². The molecule has 0 aliphatic rings. The molecule has 0 aliphatic carbocycles. The smallest absolute Gasteiger partial charge is 0.328 e. The fourth-order valence-electron chi connectivity index (χ4n) is 0.934. The average molecular weight is 209 g/mol. The Morgan fingerprint density at radius 3 is 3.00 bits per heavy atom. The molecule has 1 atom stereocenters. The quantitative estimate of drug-likeness (QED) is 0.671. The molecule has 0 aromatic carbocycles. The molecule has 2 aromatic heterocycles. The first-order valence-electron chi connectivity index (χ1n) is 4.06. The molecule has 0 spiro atoms. The van der Waals surface area contributed by atoms with Crippen molar-refractivity contribution in [3.8, 4) is 11.6 Å². The van der Waals surface area contributed by atoms with E-state index in [-0.39, 0.29) is 11.6 Å². The monoisotopic (exact) mass is 209 g/mol. The Morgan fingerprint density at radius 1 is 1.60 bits per heavy atom. The van der Waals surface area contributed by atoms with Crippen molar-refractivity contribution in [2.24, 2.45) is 0 Å². The fraction of sp³-hybridized carbons (Fsp3) is 0.333. The third kappa shape index (κ3) is 1.66. The van der Waals surface area contributed by atoms with Crippen LogP contribution >= 0.6 is 0 Å². The van der Waals surface area contributed by atoms with Gasteiger partial charge in [-0.15, -0.1) is 15.3 Å². The van der Waals surface area contributed by atoms with Crippen LogP contribution in [0.15, 0.2) is 6.33 Å². The molecule has 78 valence electrons. The van der Waals surface area contributed by atoms with E-state index < -0.39 is 12.0 Å². The predicted octanol–water partition coefficient (Wildman–Crippen LogP) is -0.896. The second kappa shape index (κ2) is 3.44. The molecule has 0 saturated carbocycles. The van der Waals surface area contributed by atoms with Crippen LogP contribution in [0.5, 0.6) is 0 Å². The van der Waals surface area contributed by atoms with Gasteiger partial charge in [0.05, 0.1) is 0 Å². The first kappa shape index (κ1) is 9.24. The Bertz CT molecular complexity index is 462. The van der Waals surface area contributed by atoms with Crippen LogP contribution in [0.3, 0.4) is 0 Å². The van der Waals surface area contributed by atoms with Gasteiger partial charge in [0.1, 0.15) is 12.4 Å². The topological polar surface area (TPSA) is 122 Å². The van der Waals surface area contributed by atoms with Crippen molar-refractivity contribution in [2.75, 3.05) is 0 Å². The van der Waals surface area contributed by atoms with E-state index >= 15 is 0 Å². The van der Waals surface area contributed by atoms with E-state index in [1.165, 1.54) is 17.9 Å². The molecule has 9 nitrogen and oxygen atoms in total. The van der Waals surface area contributed by atoms with Crippen LogP contribution in [0.25, 0.3) is 11.6 Å². The molecule has 0 aliphatic heterocycles. The molecule has 0 saturated heterocycles. The van der Waals surface area contributed by atoms with Gasteiger partial charge < -0.3 is 5.11 Å². The van der Waals surface area contributed by atoms with Crippen molar-refractivity contribution in [2.45, 2.75) is 13.0 Å². The van der Waals surface area contributed by atoms with Gasteiger partial charge in [0.15, 0.2) is 0 Å². The lowest BCUT2D eigenvalue weighted by atomic mass is 10.4. The highest BCUT2D eigenvalue weighted by atomic mass is 16.4. The number of aromatic nitrogens is 7. The molecule has 2 N–H and O–H groups in total. The molecule has 9 heteroatoms. The van der Waals surface area contributed by atoms with E-state index in [1.807, 2.05) is 0 Å². The number of tetrazole rings is 1. The average Bonchev–Trinajstić information content (AvgIpc) is 2.86. The van der Waals surface area contributed by atoms with Crippen LogP contribution in [-0.2, 0) is 4.79 Å². The van der Waals surface area contributed by atoms with Crippen molar-refractivity contribution in [3.63, 3.8) is 0 Å². The molecule has 2 heterocycles. The highest BCUT2D eigenvalue weighted by molar-refractivity contribution is 5.71. The van der Waals surface area contributed by atoms with Gasteiger partial charge in [0.2, 0.25) is 11.6 Å². The van der Waals surface area contributed by atoms with Gasteiger partial charge in [-0.25, -0.2) is 14.5 Å². The molecule has 2 aromatic rings. The Labute approximate surface area is 83.1 Å². The Kier molecular flexibility index (Phi) is 2.12. The van der Waals surface area contributed by atoms with Gasteiger partial charge in [-0.2, -0.15) is 5.21 Å².